The molecule has 4 heterocycles. The molecular formula is C26H30F3N7. The van der Waals surface area contributed by atoms with Crippen molar-refractivity contribution in [2.45, 2.75) is 64.0 Å². The van der Waals surface area contributed by atoms with Crippen molar-refractivity contribution in [3.63, 3.8) is 0 Å². The van der Waals surface area contributed by atoms with Crippen LogP contribution in [0.2, 0.25) is 0 Å². The van der Waals surface area contributed by atoms with Crippen molar-refractivity contribution >= 4 is 11.8 Å². The highest BCUT2D eigenvalue weighted by atomic mass is 19.2. The highest BCUT2D eigenvalue weighted by Crippen LogP contribution is 2.40. The fourth-order valence-electron chi connectivity index (χ4n) is 6.25. The second kappa shape index (κ2) is 9.37. The van der Waals surface area contributed by atoms with Gasteiger partial charge >= 0.3 is 0 Å². The molecule has 36 heavy (non-hydrogen) atoms. The minimum absolute atomic E-state index is 0.102. The second-order valence-corrected chi connectivity index (χ2v) is 10.4. The highest BCUT2D eigenvalue weighted by Gasteiger charge is 2.43. The summed E-state index contributed by atoms with van der Waals surface area (Å²) < 4.78 is 43.5. The molecule has 1 N–H and O–H groups in total. The number of rotatable bonds is 5. The first kappa shape index (κ1) is 23.2. The van der Waals surface area contributed by atoms with Gasteiger partial charge in [-0.05, 0) is 62.5 Å². The van der Waals surface area contributed by atoms with Gasteiger partial charge in [-0.1, -0.05) is 12.5 Å². The fourth-order valence-corrected chi connectivity index (χ4v) is 6.25. The Bertz CT molecular complexity index is 1250. The van der Waals surface area contributed by atoms with E-state index < -0.39 is 17.5 Å². The predicted molar refractivity (Wildman–Crippen MR) is 129 cm³/mol. The largest absolute Gasteiger partial charge is 0.356 e. The van der Waals surface area contributed by atoms with E-state index in [4.69, 9.17) is 10.1 Å². The summed E-state index contributed by atoms with van der Waals surface area (Å²) in [4.78, 5) is 15.9. The van der Waals surface area contributed by atoms with Crippen LogP contribution in [0, 0.1) is 36.2 Å². The Hall–Kier alpha value is -3.17. The number of anilines is 2. The highest BCUT2D eigenvalue weighted by molar-refractivity contribution is 5.41. The topological polar surface area (TPSA) is 71.8 Å². The van der Waals surface area contributed by atoms with Crippen molar-refractivity contribution < 1.29 is 13.2 Å². The Morgan fingerprint density at radius 1 is 1.00 bits per heavy atom. The molecule has 2 aliphatic heterocycles. The third-order valence-electron chi connectivity index (χ3n) is 8.06. The summed E-state index contributed by atoms with van der Waals surface area (Å²) in [6.45, 7) is 4.59. The monoisotopic (exact) mass is 497 g/mol. The molecule has 6 rings (SSSR count). The van der Waals surface area contributed by atoms with E-state index in [9.17, 15) is 13.2 Å². The lowest BCUT2D eigenvalue weighted by Crippen LogP contribution is -2.48. The molecule has 190 valence electrons. The van der Waals surface area contributed by atoms with E-state index in [2.05, 4.69) is 20.2 Å². The van der Waals surface area contributed by atoms with Crippen LogP contribution >= 0.6 is 0 Å². The van der Waals surface area contributed by atoms with Crippen molar-refractivity contribution in [1.29, 1.82) is 0 Å². The fraction of sp³-hybridized carbons (Fsp3) is 0.538. The van der Waals surface area contributed by atoms with E-state index in [1.807, 2.05) is 17.7 Å². The number of fused-ring (bicyclic) bond motifs is 3. The van der Waals surface area contributed by atoms with E-state index in [0.29, 0.717) is 17.8 Å². The Morgan fingerprint density at radius 3 is 2.58 bits per heavy atom. The summed E-state index contributed by atoms with van der Waals surface area (Å²) in [5, 5.41) is 8.40. The number of piperidine rings is 1. The second-order valence-electron chi connectivity index (χ2n) is 10.4. The molecule has 0 amide bonds. The lowest BCUT2D eigenvalue weighted by molar-refractivity contribution is 0.374. The summed E-state index contributed by atoms with van der Waals surface area (Å²) in [7, 11) is 0. The van der Waals surface area contributed by atoms with Gasteiger partial charge in [0.2, 0.25) is 5.95 Å². The van der Waals surface area contributed by atoms with Gasteiger partial charge in [-0.15, -0.1) is 5.10 Å². The SMILES string of the molecule is Cc1cc(N2C[C@H]3CC[C@@H](C2)C3Nc2nc3n(n2)CCCC[C@H]3Cc2ccc(F)c(F)c2F)ncn1. The zero-order chi connectivity index (χ0) is 24.8. The van der Waals surface area contributed by atoms with E-state index in [0.717, 1.165) is 75.1 Å². The van der Waals surface area contributed by atoms with Crippen molar-refractivity contribution in [3.05, 3.63) is 59.1 Å². The maximum absolute atomic E-state index is 14.4. The van der Waals surface area contributed by atoms with Crippen molar-refractivity contribution in [2.24, 2.45) is 11.8 Å². The lowest BCUT2D eigenvalue weighted by atomic mass is 9.92. The summed E-state index contributed by atoms with van der Waals surface area (Å²) in [5.74, 6) is -0.469. The first-order chi connectivity index (χ1) is 17.5. The third-order valence-corrected chi connectivity index (χ3v) is 8.06. The molecule has 7 nitrogen and oxygen atoms in total. The van der Waals surface area contributed by atoms with Gasteiger partial charge in [0.15, 0.2) is 17.5 Å². The van der Waals surface area contributed by atoms with Crippen LogP contribution in [-0.4, -0.2) is 43.9 Å². The van der Waals surface area contributed by atoms with Gasteiger partial charge in [0.1, 0.15) is 18.0 Å². The quantitative estimate of drug-likeness (QED) is 0.519. The van der Waals surface area contributed by atoms with Gasteiger partial charge in [0.05, 0.1) is 0 Å². The average Bonchev–Trinajstić information content (AvgIpc) is 3.29. The molecule has 1 aliphatic carbocycles. The number of nitrogens with one attached hydrogen (secondary N) is 1. The van der Waals surface area contributed by atoms with Crippen LogP contribution < -0.4 is 10.2 Å². The molecule has 4 atom stereocenters. The van der Waals surface area contributed by atoms with E-state index in [-0.39, 0.29) is 23.9 Å². The molecule has 1 saturated heterocycles. The third kappa shape index (κ3) is 4.30. The van der Waals surface area contributed by atoms with Gasteiger partial charge < -0.3 is 10.2 Å². The number of hydrogen-bond acceptors (Lipinski definition) is 6. The number of aromatic nitrogens is 5. The number of aryl methyl sites for hydroxylation is 2. The summed E-state index contributed by atoms with van der Waals surface area (Å²) in [6.07, 6.45) is 6.90. The minimum atomic E-state index is -1.41. The Morgan fingerprint density at radius 2 is 1.81 bits per heavy atom. The Kier molecular flexibility index (Phi) is 6.05. The van der Waals surface area contributed by atoms with Gasteiger partial charge in [0.25, 0.3) is 0 Å². The van der Waals surface area contributed by atoms with Gasteiger partial charge in [0, 0.05) is 43.4 Å². The molecule has 10 heteroatoms. The summed E-state index contributed by atoms with van der Waals surface area (Å²) in [5.41, 5.74) is 1.14. The normalized spacial score (nSPS) is 25.5. The first-order valence-electron chi connectivity index (χ1n) is 12.8. The molecule has 3 aromatic rings. The molecule has 2 aromatic heterocycles. The Labute approximate surface area is 208 Å². The molecule has 3 aliphatic rings. The zero-order valence-electron chi connectivity index (χ0n) is 20.3. The van der Waals surface area contributed by atoms with Crippen LogP contribution in [0.3, 0.4) is 0 Å². The molecule has 0 radical (unpaired) electrons. The summed E-state index contributed by atoms with van der Waals surface area (Å²) in [6, 6.07) is 4.66. The van der Waals surface area contributed by atoms with Crippen LogP contribution in [-0.2, 0) is 13.0 Å². The van der Waals surface area contributed by atoms with Gasteiger partial charge in [-0.2, -0.15) is 4.98 Å². The first-order valence-corrected chi connectivity index (χ1v) is 12.8. The number of benzene rings is 1. The van der Waals surface area contributed by atoms with E-state index in [1.165, 1.54) is 6.07 Å². The molecule has 1 saturated carbocycles. The van der Waals surface area contributed by atoms with Crippen LogP contribution in [0.4, 0.5) is 24.9 Å². The smallest absolute Gasteiger partial charge is 0.242 e. The lowest BCUT2D eigenvalue weighted by Gasteiger charge is -2.38. The van der Waals surface area contributed by atoms with Crippen LogP contribution in [0.25, 0.3) is 0 Å². The molecule has 2 bridgehead atoms. The maximum Gasteiger partial charge on any atom is 0.242 e. The maximum atomic E-state index is 14.4. The van der Waals surface area contributed by atoms with Crippen molar-refractivity contribution in [3.8, 4) is 0 Å². The van der Waals surface area contributed by atoms with Crippen LogP contribution in [0.15, 0.2) is 24.5 Å². The number of halogens is 3. The number of nitrogens with zero attached hydrogens (tertiary/aromatic N) is 6. The molecule has 0 spiro atoms. The van der Waals surface area contributed by atoms with Gasteiger partial charge in [-0.25, -0.2) is 27.8 Å². The standard InChI is InChI=1S/C26H30F3N7/c1-15-10-21(31-14-30-15)35-12-18-5-6-19(13-35)24(18)32-26-33-25-17(4-2-3-9-36(25)34-26)11-16-7-8-20(27)23(29)22(16)28/h7-8,10,14,17-19,24H,2-6,9,11-13H2,1H3,(H,32,34)/t17-,18-,19+,24?/m0/s1. The van der Waals surface area contributed by atoms with E-state index in [1.54, 1.807) is 6.33 Å². The van der Waals surface area contributed by atoms with Crippen molar-refractivity contribution in [1.82, 2.24) is 24.7 Å². The minimum Gasteiger partial charge on any atom is -0.356 e. The Balaban J connectivity index is 1.19. The van der Waals surface area contributed by atoms with Gasteiger partial charge in [-0.3, -0.25) is 0 Å². The molecule has 2 fully saturated rings. The van der Waals surface area contributed by atoms with Crippen LogP contribution in [0.1, 0.15) is 55.1 Å². The average molecular weight is 498 g/mol. The number of hydrogen-bond donors (Lipinski definition) is 1. The molecule has 1 unspecified atom stereocenters. The zero-order valence-corrected chi connectivity index (χ0v) is 20.3. The molecular weight excluding hydrogens is 467 g/mol. The molecule has 1 aromatic carbocycles. The summed E-state index contributed by atoms with van der Waals surface area (Å²) >= 11 is 0. The van der Waals surface area contributed by atoms with Crippen molar-refractivity contribution in [2.75, 3.05) is 23.3 Å². The predicted octanol–water partition coefficient (Wildman–Crippen LogP) is 4.63. The van der Waals surface area contributed by atoms with Crippen LogP contribution in [0.5, 0.6) is 0 Å². The van der Waals surface area contributed by atoms with E-state index >= 15 is 0 Å².